The van der Waals surface area contributed by atoms with Crippen molar-refractivity contribution in [3.8, 4) is 0 Å². The molecule has 1 N–H and O–H groups in total. The molecule has 1 atom stereocenters. The highest BCUT2D eigenvalue weighted by Gasteiger charge is 2.28. The zero-order valence-electron chi connectivity index (χ0n) is 12.2. The maximum absolute atomic E-state index is 4.68. The molecule has 20 heavy (non-hydrogen) atoms. The van der Waals surface area contributed by atoms with Gasteiger partial charge in [-0.05, 0) is 24.9 Å². The summed E-state index contributed by atoms with van der Waals surface area (Å²) in [6, 6.07) is 11.0. The fourth-order valence-electron chi connectivity index (χ4n) is 2.84. The van der Waals surface area contributed by atoms with Gasteiger partial charge in [0.25, 0.3) is 0 Å². The number of hydrogen-bond acceptors (Lipinski definition) is 3. The van der Waals surface area contributed by atoms with E-state index in [0.29, 0.717) is 12.0 Å². The highest BCUT2D eigenvalue weighted by atomic mass is 15.3. The third-order valence-electron chi connectivity index (χ3n) is 3.94. The lowest BCUT2D eigenvalue weighted by molar-refractivity contribution is 0.240. The maximum atomic E-state index is 4.68. The van der Waals surface area contributed by atoms with Gasteiger partial charge >= 0.3 is 0 Å². The second kappa shape index (κ2) is 5.75. The summed E-state index contributed by atoms with van der Waals surface area (Å²) in [7, 11) is 0. The van der Waals surface area contributed by atoms with Crippen LogP contribution in [0.2, 0.25) is 0 Å². The van der Waals surface area contributed by atoms with Crippen LogP contribution in [0.4, 0.5) is 0 Å². The van der Waals surface area contributed by atoms with E-state index < -0.39 is 0 Å². The number of nitrogens with one attached hydrogen (secondary N) is 1. The van der Waals surface area contributed by atoms with Gasteiger partial charge in [-0.15, -0.1) is 0 Å². The molecular weight excluding hydrogens is 248 g/mol. The van der Waals surface area contributed by atoms with E-state index in [-0.39, 0.29) is 0 Å². The topological polar surface area (TPSA) is 44.8 Å². The minimum Gasteiger partial charge on any atom is -0.289 e. The highest BCUT2D eigenvalue weighted by Crippen LogP contribution is 2.31. The van der Waals surface area contributed by atoms with E-state index in [1.165, 1.54) is 18.4 Å². The predicted octanol–water partition coefficient (Wildman–Crippen LogP) is 3.27. The molecule has 1 aromatic heterocycles. The molecule has 4 nitrogen and oxygen atoms in total. The minimum absolute atomic E-state index is 0.379. The first-order valence-electron chi connectivity index (χ1n) is 7.44. The number of rotatable bonds is 4. The summed E-state index contributed by atoms with van der Waals surface area (Å²) in [5.41, 5.74) is 1.36. The molecule has 2 heterocycles. The van der Waals surface area contributed by atoms with Crippen LogP contribution in [-0.4, -0.2) is 26.6 Å². The first kappa shape index (κ1) is 13.3. The van der Waals surface area contributed by atoms with E-state index in [1.807, 2.05) is 0 Å². The van der Waals surface area contributed by atoms with Gasteiger partial charge in [0.15, 0.2) is 5.82 Å². The average Bonchev–Trinajstić information content (AvgIpc) is 3.08. The van der Waals surface area contributed by atoms with Gasteiger partial charge in [-0.3, -0.25) is 10.00 Å². The Labute approximate surface area is 120 Å². The molecule has 2 aromatic rings. The van der Waals surface area contributed by atoms with E-state index in [2.05, 4.69) is 64.3 Å². The zero-order valence-corrected chi connectivity index (χ0v) is 12.2. The quantitative estimate of drug-likeness (QED) is 0.927. The first-order chi connectivity index (χ1) is 9.74. The Bertz CT molecular complexity index is 547. The van der Waals surface area contributed by atoms with Crippen LogP contribution in [-0.2, 0) is 6.54 Å². The second-order valence-corrected chi connectivity index (χ2v) is 5.85. The molecule has 1 aliphatic heterocycles. The Morgan fingerprint density at radius 2 is 2.10 bits per heavy atom. The Morgan fingerprint density at radius 3 is 2.80 bits per heavy atom. The van der Waals surface area contributed by atoms with Crippen molar-refractivity contribution in [1.29, 1.82) is 0 Å². The van der Waals surface area contributed by atoms with Crippen molar-refractivity contribution >= 4 is 0 Å². The van der Waals surface area contributed by atoms with Gasteiger partial charge in [0.05, 0.1) is 6.04 Å². The van der Waals surface area contributed by atoms with E-state index >= 15 is 0 Å². The Hall–Kier alpha value is -1.68. The summed E-state index contributed by atoms with van der Waals surface area (Å²) in [5, 5.41) is 7.48. The predicted molar refractivity (Wildman–Crippen MR) is 79.3 cm³/mol. The van der Waals surface area contributed by atoms with E-state index in [1.54, 1.807) is 0 Å². The molecule has 106 valence electrons. The number of hydrogen-bond donors (Lipinski definition) is 1. The monoisotopic (exact) mass is 270 g/mol. The summed E-state index contributed by atoms with van der Waals surface area (Å²) in [6.07, 6.45) is 2.40. The number of likely N-dealkylation sites (tertiary alicyclic amines) is 1. The third-order valence-corrected chi connectivity index (χ3v) is 3.94. The summed E-state index contributed by atoms with van der Waals surface area (Å²) in [6.45, 7) is 6.38. The van der Waals surface area contributed by atoms with Crippen LogP contribution in [0.15, 0.2) is 30.3 Å². The lowest BCUT2D eigenvalue weighted by Crippen LogP contribution is -2.23. The molecule has 0 radical (unpaired) electrons. The molecule has 0 aliphatic carbocycles. The molecule has 1 fully saturated rings. The molecule has 3 rings (SSSR count). The third kappa shape index (κ3) is 2.75. The lowest BCUT2D eigenvalue weighted by atomic mass is 10.1. The van der Waals surface area contributed by atoms with Crippen molar-refractivity contribution in [2.24, 2.45) is 0 Å². The molecule has 1 saturated heterocycles. The van der Waals surface area contributed by atoms with Crippen LogP contribution in [0.1, 0.15) is 55.9 Å². The molecule has 0 spiro atoms. The summed E-state index contributed by atoms with van der Waals surface area (Å²) < 4.78 is 0. The number of nitrogens with zero attached hydrogens (tertiary/aromatic N) is 3. The molecule has 0 saturated carbocycles. The van der Waals surface area contributed by atoms with Crippen molar-refractivity contribution in [2.75, 3.05) is 6.54 Å². The van der Waals surface area contributed by atoms with Gasteiger partial charge in [-0.1, -0.05) is 44.2 Å². The number of benzene rings is 1. The summed E-state index contributed by atoms with van der Waals surface area (Å²) in [5.74, 6) is 2.33. The van der Waals surface area contributed by atoms with Crippen LogP contribution in [0, 0.1) is 0 Å². The minimum atomic E-state index is 0.379. The molecule has 4 heteroatoms. The standard InChI is InChI=1S/C16H22N4/c1-12(2)15-17-16(19-18-15)14-9-6-10-20(14)11-13-7-4-3-5-8-13/h3-5,7-8,12,14H,6,9-11H2,1-2H3,(H,17,18,19). The maximum Gasteiger partial charge on any atom is 0.153 e. The Balaban J connectivity index is 1.74. The molecule has 1 aliphatic rings. The Kier molecular flexibility index (Phi) is 3.83. The smallest absolute Gasteiger partial charge is 0.153 e. The van der Waals surface area contributed by atoms with E-state index in [9.17, 15) is 0 Å². The largest absolute Gasteiger partial charge is 0.289 e. The molecule has 1 unspecified atom stereocenters. The fourth-order valence-corrected chi connectivity index (χ4v) is 2.84. The van der Waals surface area contributed by atoms with Crippen LogP contribution in [0.5, 0.6) is 0 Å². The summed E-state index contributed by atoms with van der Waals surface area (Å²) >= 11 is 0. The van der Waals surface area contributed by atoms with Crippen molar-refractivity contribution in [1.82, 2.24) is 20.1 Å². The molecule has 1 aromatic carbocycles. The zero-order chi connectivity index (χ0) is 13.9. The van der Waals surface area contributed by atoms with Crippen LogP contribution in [0.3, 0.4) is 0 Å². The first-order valence-corrected chi connectivity index (χ1v) is 7.44. The normalized spacial score (nSPS) is 19.9. The molecular formula is C16H22N4. The van der Waals surface area contributed by atoms with Crippen LogP contribution in [0.25, 0.3) is 0 Å². The summed E-state index contributed by atoms with van der Waals surface area (Å²) in [4.78, 5) is 7.18. The van der Waals surface area contributed by atoms with Gasteiger partial charge in [-0.25, -0.2) is 4.98 Å². The Morgan fingerprint density at radius 1 is 1.30 bits per heavy atom. The van der Waals surface area contributed by atoms with Gasteiger partial charge < -0.3 is 0 Å². The van der Waals surface area contributed by atoms with Crippen molar-refractivity contribution in [2.45, 2.75) is 45.2 Å². The SMILES string of the molecule is CC(C)c1n[nH]c(C2CCCN2Cc2ccccc2)n1. The molecule has 0 bridgehead atoms. The number of H-pyrrole nitrogens is 1. The van der Waals surface area contributed by atoms with Gasteiger partial charge in [0, 0.05) is 12.5 Å². The van der Waals surface area contributed by atoms with Crippen molar-refractivity contribution < 1.29 is 0 Å². The highest BCUT2D eigenvalue weighted by molar-refractivity contribution is 5.15. The van der Waals surface area contributed by atoms with Crippen LogP contribution < -0.4 is 0 Å². The van der Waals surface area contributed by atoms with Gasteiger partial charge in [0.2, 0.25) is 0 Å². The van der Waals surface area contributed by atoms with E-state index in [4.69, 9.17) is 0 Å². The van der Waals surface area contributed by atoms with Crippen LogP contribution >= 0.6 is 0 Å². The van der Waals surface area contributed by atoms with Gasteiger partial charge in [-0.2, -0.15) is 5.10 Å². The fraction of sp³-hybridized carbons (Fsp3) is 0.500. The average molecular weight is 270 g/mol. The molecule has 0 amide bonds. The van der Waals surface area contributed by atoms with E-state index in [0.717, 1.165) is 24.7 Å². The number of aromatic nitrogens is 3. The van der Waals surface area contributed by atoms with Gasteiger partial charge in [0.1, 0.15) is 5.82 Å². The second-order valence-electron chi connectivity index (χ2n) is 5.85. The lowest BCUT2D eigenvalue weighted by Gasteiger charge is -2.22. The van der Waals surface area contributed by atoms with Crippen molar-refractivity contribution in [3.05, 3.63) is 47.5 Å². The number of aromatic amines is 1. The van der Waals surface area contributed by atoms with Crippen molar-refractivity contribution in [3.63, 3.8) is 0 Å².